The summed E-state index contributed by atoms with van der Waals surface area (Å²) in [6, 6.07) is 10.8. The van der Waals surface area contributed by atoms with Gasteiger partial charge in [0.1, 0.15) is 5.75 Å². The molecule has 0 saturated heterocycles. The maximum Gasteiger partial charge on any atom is 0.116 e. The summed E-state index contributed by atoms with van der Waals surface area (Å²) in [6.07, 6.45) is 0. The van der Waals surface area contributed by atoms with E-state index < -0.39 is 9.73 Å². The summed E-state index contributed by atoms with van der Waals surface area (Å²) in [7, 11) is -2.85. The van der Waals surface area contributed by atoms with E-state index in [1.807, 2.05) is 25.1 Å². The van der Waals surface area contributed by atoms with E-state index in [9.17, 15) is 9.32 Å². The number of fused-ring (bicyclic) bond motifs is 3. The van der Waals surface area contributed by atoms with Gasteiger partial charge in [0, 0.05) is 0 Å². The Morgan fingerprint density at radius 3 is 2.67 bits per heavy atom. The molecule has 0 unspecified atom stereocenters. The number of aryl methyl sites for hydroxylation is 1. The van der Waals surface area contributed by atoms with Crippen molar-refractivity contribution in [3.8, 4) is 16.9 Å². The van der Waals surface area contributed by atoms with E-state index in [2.05, 4.69) is 0 Å². The molecule has 0 spiro atoms. The molecule has 0 aromatic heterocycles. The lowest BCUT2D eigenvalue weighted by Gasteiger charge is -2.22. The number of hydrogen-bond acceptors (Lipinski definition) is 3. The van der Waals surface area contributed by atoms with E-state index in [1.54, 1.807) is 12.1 Å². The maximum atomic E-state index is 12.4. The summed E-state index contributed by atoms with van der Waals surface area (Å²) in [6.45, 7) is 1.98. The second-order valence-electron chi connectivity index (χ2n) is 4.66. The van der Waals surface area contributed by atoms with Crippen molar-refractivity contribution < 1.29 is 9.32 Å². The van der Waals surface area contributed by atoms with Gasteiger partial charge in [-0.25, -0.2) is 8.99 Å². The lowest BCUT2D eigenvalue weighted by atomic mass is 9.98. The summed E-state index contributed by atoms with van der Waals surface area (Å²) in [4.78, 5) is 0.443. The Kier molecular flexibility index (Phi) is 2.25. The monoisotopic (exact) mass is 259 g/mol. The molecule has 3 nitrogen and oxygen atoms in total. The van der Waals surface area contributed by atoms with Gasteiger partial charge in [0.05, 0.1) is 20.4 Å². The summed E-state index contributed by atoms with van der Waals surface area (Å²) in [5.41, 5.74) is 3.87. The molecule has 0 fully saturated rings. The van der Waals surface area contributed by atoms with Gasteiger partial charge in [0.25, 0.3) is 0 Å². The van der Waals surface area contributed by atoms with E-state index in [-0.39, 0.29) is 11.5 Å². The highest BCUT2D eigenvalue weighted by Gasteiger charge is 2.25. The molecule has 0 aliphatic carbocycles. The van der Waals surface area contributed by atoms with E-state index >= 15 is 0 Å². The highest BCUT2D eigenvalue weighted by Crippen LogP contribution is 2.39. The molecule has 1 aliphatic rings. The van der Waals surface area contributed by atoms with Gasteiger partial charge in [-0.3, -0.25) is 0 Å². The first-order valence-electron chi connectivity index (χ1n) is 5.67. The van der Waals surface area contributed by atoms with Crippen LogP contribution in [0.3, 0.4) is 0 Å². The first kappa shape index (κ1) is 11.3. The summed E-state index contributed by atoms with van der Waals surface area (Å²) in [5.74, 6) is 0.282. The van der Waals surface area contributed by atoms with Crippen LogP contribution in [0.2, 0.25) is 0 Å². The third kappa shape index (κ3) is 1.61. The number of aromatic hydroxyl groups is 1. The zero-order valence-corrected chi connectivity index (χ0v) is 10.8. The van der Waals surface area contributed by atoms with Crippen molar-refractivity contribution in [1.82, 2.24) is 0 Å². The number of rotatable bonds is 0. The van der Waals surface area contributed by atoms with Gasteiger partial charge < -0.3 is 5.11 Å². The molecular formula is C14H13NO2S. The fourth-order valence-electron chi connectivity index (χ4n) is 2.41. The lowest BCUT2D eigenvalue weighted by molar-refractivity contribution is 0.473. The zero-order valence-electron chi connectivity index (χ0n) is 9.93. The minimum absolute atomic E-state index is 0.0595. The Morgan fingerprint density at radius 2 is 1.89 bits per heavy atom. The second kappa shape index (κ2) is 3.59. The molecular weight excluding hydrogens is 246 g/mol. The maximum absolute atomic E-state index is 12.4. The minimum atomic E-state index is -2.85. The topological polar surface area (TPSA) is 61.2 Å². The molecule has 0 amide bonds. The van der Waals surface area contributed by atoms with Crippen molar-refractivity contribution in [3.05, 3.63) is 47.5 Å². The highest BCUT2D eigenvalue weighted by molar-refractivity contribution is 7.92. The fraction of sp³-hybridized carbons (Fsp3) is 0.143. The molecule has 1 atom stereocenters. The van der Waals surface area contributed by atoms with Crippen LogP contribution in [0.15, 0.2) is 41.3 Å². The molecule has 0 bridgehead atoms. The summed E-state index contributed by atoms with van der Waals surface area (Å²) < 4.78 is 20.4. The summed E-state index contributed by atoms with van der Waals surface area (Å²) in [5, 5.41) is 9.50. The van der Waals surface area contributed by atoms with Crippen LogP contribution < -0.4 is 0 Å². The molecule has 18 heavy (non-hydrogen) atoms. The Labute approximate surface area is 106 Å². The van der Waals surface area contributed by atoms with Crippen molar-refractivity contribution in [2.45, 2.75) is 17.6 Å². The van der Waals surface area contributed by atoms with Crippen molar-refractivity contribution in [2.75, 3.05) is 0 Å². The van der Waals surface area contributed by atoms with Crippen molar-refractivity contribution in [3.63, 3.8) is 0 Å². The van der Waals surface area contributed by atoms with Gasteiger partial charge >= 0.3 is 0 Å². The van der Waals surface area contributed by atoms with E-state index in [0.717, 1.165) is 22.3 Å². The average Bonchev–Trinajstić information content (AvgIpc) is 2.28. The third-order valence-electron chi connectivity index (χ3n) is 3.23. The van der Waals surface area contributed by atoms with Crippen LogP contribution in [0.25, 0.3) is 11.1 Å². The predicted octanol–water partition coefficient (Wildman–Crippen LogP) is 3.29. The third-order valence-corrected chi connectivity index (χ3v) is 5.00. The summed E-state index contributed by atoms with van der Waals surface area (Å²) >= 11 is 0. The molecule has 3 rings (SSSR count). The largest absolute Gasteiger partial charge is 0.508 e. The smallest absolute Gasteiger partial charge is 0.116 e. The fourth-order valence-corrected chi connectivity index (χ4v) is 4.08. The van der Waals surface area contributed by atoms with Gasteiger partial charge in [-0.15, -0.1) is 0 Å². The molecule has 0 saturated carbocycles. The number of nitrogens with one attached hydrogen (secondary N) is 1. The molecule has 2 aromatic rings. The van der Waals surface area contributed by atoms with Crippen LogP contribution in [0.1, 0.15) is 11.1 Å². The Morgan fingerprint density at radius 1 is 1.17 bits per heavy atom. The van der Waals surface area contributed by atoms with Crippen LogP contribution in [0.4, 0.5) is 0 Å². The van der Waals surface area contributed by atoms with Crippen molar-refractivity contribution in [2.24, 2.45) is 0 Å². The van der Waals surface area contributed by atoms with Crippen LogP contribution in [-0.2, 0) is 15.5 Å². The van der Waals surface area contributed by atoms with Gasteiger partial charge in [-0.2, -0.15) is 0 Å². The Bertz CT molecular complexity index is 748. The number of hydrogen-bond donors (Lipinski definition) is 2. The molecule has 4 heteroatoms. The molecule has 1 aliphatic heterocycles. The van der Waals surface area contributed by atoms with Gasteiger partial charge in [-0.05, 0) is 41.8 Å². The Hall–Kier alpha value is -1.81. The number of phenolic OH excluding ortho intramolecular Hbond substituents is 1. The Balaban J connectivity index is 2.39. The van der Waals surface area contributed by atoms with Crippen molar-refractivity contribution in [1.29, 1.82) is 4.78 Å². The van der Waals surface area contributed by atoms with Gasteiger partial charge in [0.15, 0.2) is 0 Å². The molecule has 2 aromatic carbocycles. The number of phenols is 1. The number of benzene rings is 2. The van der Waals surface area contributed by atoms with Crippen LogP contribution in [0.5, 0.6) is 5.75 Å². The zero-order chi connectivity index (χ0) is 12.9. The normalized spacial score (nSPS) is 21.2. The van der Waals surface area contributed by atoms with Crippen LogP contribution in [0, 0.1) is 11.7 Å². The molecule has 92 valence electrons. The quantitative estimate of drug-likeness (QED) is 0.762. The average molecular weight is 259 g/mol. The van der Waals surface area contributed by atoms with E-state index in [4.69, 9.17) is 4.78 Å². The van der Waals surface area contributed by atoms with Gasteiger partial charge in [0.2, 0.25) is 0 Å². The predicted molar refractivity (Wildman–Crippen MR) is 71.1 cm³/mol. The highest BCUT2D eigenvalue weighted by atomic mass is 32.2. The lowest BCUT2D eigenvalue weighted by Crippen LogP contribution is -2.11. The van der Waals surface area contributed by atoms with E-state index in [1.165, 1.54) is 6.07 Å². The molecule has 1 heterocycles. The molecule has 2 N–H and O–H groups in total. The SMILES string of the molecule is Cc1ccc2c(c1)C[S@](=N)(=O)c1cc(O)ccc1-2. The first-order valence-corrected chi connectivity index (χ1v) is 7.39. The first-order chi connectivity index (χ1) is 8.47. The van der Waals surface area contributed by atoms with E-state index in [0.29, 0.717) is 4.90 Å². The molecule has 0 radical (unpaired) electrons. The standard InChI is InChI=1S/C14H13NO2S/c1-9-2-4-12-10(6-9)8-18(15,17)14-7-11(16)3-5-13(12)14/h2-7,15-16H,8H2,1H3/t18-/m0/s1. The minimum Gasteiger partial charge on any atom is -0.508 e. The van der Waals surface area contributed by atoms with Crippen LogP contribution >= 0.6 is 0 Å². The second-order valence-corrected chi connectivity index (χ2v) is 6.74. The van der Waals surface area contributed by atoms with Gasteiger partial charge in [-0.1, -0.05) is 23.8 Å². The van der Waals surface area contributed by atoms with Crippen molar-refractivity contribution >= 4 is 9.73 Å². The van der Waals surface area contributed by atoms with Crippen LogP contribution in [-0.4, -0.2) is 9.32 Å².